The van der Waals surface area contributed by atoms with Gasteiger partial charge in [0.05, 0.1) is 5.57 Å². The molecule has 0 atom stereocenters. The molecular formula is C20H10O5. The van der Waals surface area contributed by atoms with Crippen molar-refractivity contribution < 1.29 is 24.3 Å². The smallest absolute Gasteiger partial charge is 0.233 e. The van der Waals surface area contributed by atoms with Gasteiger partial charge in [0.25, 0.3) is 0 Å². The van der Waals surface area contributed by atoms with Crippen molar-refractivity contribution in [2.75, 3.05) is 0 Å². The number of aliphatic hydroxyl groups is 1. The number of hydrogen-bond acceptors (Lipinski definition) is 5. The summed E-state index contributed by atoms with van der Waals surface area (Å²) in [5, 5.41) is 10.4. The van der Waals surface area contributed by atoms with Crippen LogP contribution in [0.1, 0.15) is 36.6 Å². The number of benzene rings is 2. The van der Waals surface area contributed by atoms with Crippen LogP contribution in [0.2, 0.25) is 0 Å². The van der Waals surface area contributed by atoms with Crippen molar-refractivity contribution in [1.82, 2.24) is 0 Å². The van der Waals surface area contributed by atoms with E-state index in [1.165, 1.54) is 18.2 Å². The van der Waals surface area contributed by atoms with Crippen LogP contribution in [0.25, 0.3) is 5.57 Å². The van der Waals surface area contributed by atoms with E-state index in [9.17, 15) is 24.3 Å². The number of allylic oxidation sites excluding steroid dienone is 4. The number of carbonyl (C=O) groups excluding carboxylic acids is 4. The molecule has 5 nitrogen and oxygen atoms in total. The highest BCUT2D eigenvalue weighted by Gasteiger charge is 2.37. The second kappa shape index (κ2) is 5.21. The molecule has 0 saturated carbocycles. The molecule has 2 aliphatic carbocycles. The molecule has 0 saturated heterocycles. The minimum atomic E-state index is -0.798. The maximum Gasteiger partial charge on any atom is 0.233 e. The van der Waals surface area contributed by atoms with E-state index < -0.39 is 28.9 Å². The average Bonchev–Trinajstić information content (AvgIpc) is 2.64. The van der Waals surface area contributed by atoms with E-state index in [-0.39, 0.29) is 27.8 Å². The van der Waals surface area contributed by atoms with E-state index in [0.717, 1.165) is 6.08 Å². The standard InChI is InChI=1S/C20H10O5/c21-15-9-14(10-5-1-2-6-11(10)17(15)22)16-18(23)12-7-3-4-8-13(12)19(24)20(16)25/h1-9,25H. The van der Waals surface area contributed by atoms with Crippen molar-refractivity contribution in [3.63, 3.8) is 0 Å². The monoisotopic (exact) mass is 330 g/mol. The summed E-state index contributed by atoms with van der Waals surface area (Å²) in [6, 6.07) is 12.5. The summed E-state index contributed by atoms with van der Waals surface area (Å²) in [6.07, 6.45) is 1.01. The molecule has 25 heavy (non-hydrogen) atoms. The molecule has 0 radical (unpaired) electrons. The fourth-order valence-electron chi connectivity index (χ4n) is 3.14. The Morgan fingerprint density at radius 1 is 0.600 bits per heavy atom. The predicted octanol–water partition coefficient (Wildman–Crippen LogP) is 2.73. The molecule has 4 rings (SSSR count). The van der Waals surface area contributed by atoms with Crippen LogP contribution in [0.15, 0.2) is 65.9 Å². The van der Waals surface area contributed by atoms with Gasteiger partial charge in [0.1, 0.15) is 0 Å². The quantitative estimate of drug-likeness (QED) is 0.812. The van der Waals surface area contributed by atoms with Crippen molar-refractivity contribution >= 4 is 28.7 Å². The lowest BCUT2D eigenvalue weighted by atomic mass is 9.78. The summed E-state index contributed by atoms with van der Waals surface area (Å²) in [7, 11) is 0. The summed E-state index contributed by atoms with van der Waals surface area (Å²) in [6.45, 7) is 0. The zero-order chi connectivity index (χ0) is 17.7. The van der Waals surface area contributed by atoms with Crippen LogP contribution < -0.4 is 0 Å². The lowest BCUT2D eigenvalue weighted by molar-refractivity contribution is -0.111. The normalized spacial score (nSPS) is 16.6. The lowest BCUT2D eigenvalue weighted by Gasteiger charge is -2.22. The Morgan fingerprint density at radius 2 is 1.08 bits per heavy atom. The molecule has 0 aromatic heterocycles. The Balaban J connectivity index is 1.99. The Morgan fingerprint density at radius 3 is 1.68 bits per heavy atom. The van der Waals surface area contributed by atoms with Gasteiger partial charge in [-0.05, 0) is 11.6 Å². The van der Waals surface area contributed by atoms with E-state index in [1.54, 1.807) is 30.3 Å². The number of aliphatic hydroxyl groups excluding tert-OH is 1. The average molecular weight is 330 g/mol. The Kier molecular flexibility index (Phi) is 3.12. The SMILES string of the molecule is O=C1C=C(C2=C(O)C(=O)c3ccccc3C2=O)c2ccccc2C1=O. The van der Waals surface area contributed by atoms with E-state index in [1.807, 2.05) is 0 Å². The minimum Gasteiger partial charge on any atom is -0.504 e. The van der Waals surface area contributed by atoms with Gasteiger partial charge in [0.15, 0.2) is 11.5 Å². The molecule has 0 heterocycles. The number of ketones is 4. The number of hydrogen-bond donors (Lipinski definition) is 1. The van der Waals surface area contributed by atoms with Crippen molar-refractivity contribution in [1.29, 1.82) is 0 Å². The highest BCUT2D eigenvalue weighted by molar-refractivity contribution is 6.52. The van der Waals surface area contributed by atoms with E-state index in [2.05, 4.69) is 0 Å². The number of carbonyl (C=O) groups is 4. The third-order valence-corrected chi connectivity index (χ3v) is 4.33. The summed E-state index contributed by atoms with van der Waals surface area (Å²) < 4.78 is 0. The van der Waals surface area contributed by atoms with E-state index in [0.29, 0.717) is 5.56 Å². The molecular weight excluding hydrogens is 320 g/mol. The molecule has 1 N–H and O–H groups in total. The van der Waals surface area contributed by atoms with Crippen LogP contribution in [-0.4, -0.2) is 28.2 Å². The van der Waals surface area contributed by atoms with Gasteiger partial charge in [0, 0.05) is 22.3 Å². The van der Waals surface area contributed by atoms with Crippen LogP contribution in [0.3, 0.4) is 0 Å². The van der Waals surface area contributed by atoms with Crippen molar-refractivity contribution in [2.24, 2.45) is 0 Å². The van der Waals surface area contributed by atoms with E-state index in [4.69, 9.17) is 0 Å². The van der Waals surface area contributed by atoms with Crippen LogP contribution in [-0.2, 0) is 4.79 Å². The second-order valence-corrected chi connectivity index (χ2v) is 5.72. The summed E-state index contributed by atoms with van der Waals surface area (Å²) >= 11 is 0. The first kappa shape index (κ1) is 15.0. The fraction of sp³-hybridized carbons (Fsp3) is 0. The number of fused-ring (bicyclic) bond motifs is 2. The van der Waals surface area contributed by atoms with Crippen LogP contribution in [0, 0.1) is 0 Å². The van der Waals surface area contributed by atoms with Crippen LogP contribution in [0.4, 0.5) is 0 Å². The van der Waals surface area contributed by atoms with Gasteiger partial charge in [-0.15, -0.1) is 0 Å². The third kappa shape index (κ3) is 2.03. The molecule has 2 aromatic carbocycles. The lowest BCUT2D eigenvalue weighted by Crippen LogP contribution is -2.26. The maximum absolute atomic E-state index is 12.9. The predicted molar refractivity (Wildman–Crippen MR) is 88.5 cm³/mol. The van der Waals surface area contributed by atoms with Gasteiger partial charge in [-0.25, -0.2) is 0 Å². The Hall–Kier alpha value is -3.60. The fourth-order valence-corrected chi connectivity index (χ4v) is 3.14. The molecule has 0 spiro atoms. The molecule has 5 heteroatoms. The van der Waals surface area contributed by atoms with Gasteiger partial charge in [-0.3, -0.25) is 19.2 Å². The first-order valence-electron chi connectivity index (χ1n) is 7.52. The summed E-state index contributed by atoms with van der Waals surface area (Å²) in [4.78, 5) is 49.4. The van der Waals surface area contributed by atoms with Gasteiger partial charge < -0.3 is 5.11 Å². The molecule has 0 amide bonds. The van der Waals surface area contributed by atoms with Gasteiger partial charge in [0.2, 0.25) is 17.3 Å². The van der Waals surface area contributed by atoms with Gasteiger partial charge >= 0.3 is 0 Å². The molecule has 120 valence electrons. The highest BCUT2D eigenvalue weighted by atomic mass is 16.3. The second-order valence-electron chi connectivity index (χ2n) is 5.72. The highest BCUT2D eigenvalue weighted by Crippen LogP contribution is 2.37. The molecule has 0 unspecified atom stereocenters. The maximum atomic E-state index is 12.9. The molecule has 0 fully saturated rings. The molecule has 0 bridgehead atoms. The molecule has 2 aromatic rings. The Bertz CT molecular complexity index is 1070. The van der Waals surface area contributed by atoms with Crippen molar-refractivity contribution in [2.45, 2.75) is 0 Å². The molecule has 0 aliphatic heterocycles. The first-order valence-corrected chi connectivity index (χ1v) is 7.52. The van der Waals surface area contributed by atoms with Crippen molar-refractivity contribution in [3.05, 3.63) is 88.2 Å². The van der Waals surface area contributed by atoms with E-state index >= 15 is 0 Å². The minimum absolute atomic E-state index is 0.0885. The number of Topliss-reactive ketones (excluding diaryl/α,β-unsaturated/α-hetero) is 3. The summed E-state index contributed by atoms with van der Waals surface area (Å²) in [5.41, 5.74) is 0.588. The van der Waals surface area contributed by atoms with Gasteiger partial charge in [-0.2, -0.15) is 0 Å². The molecule has 2 aliphatic rings. The third-order valence-electron chi connectivity index (χ3n) is 4.33. The zero-order valence-electron chi connectivity index (χ0n) is 12.8. The van der Waals surface area contributed by atoms with Crippen LogP contribution >= 0.6 is 0 Å². The first-order chi connectivity index (χ1) is 12.0. The zero-order valence-corrected chi connectivity index (χ0v) is 12.8. The topological polar surface area (TPSA) is 88.5 Å². The van der Waals surface area contributed by atoms with Gasteiger partial charge in [-0.1, -0.05) is 48.5 Å². The van der Waals surface area contributed by atoms with Crippen LogP contribution in [0.5, 0.6) is 0 Å². The summed E-state index contributed by atoms with van der Waals surface area (Å²) in [5.74, 6) is -3.45. The Labute approximate surface area is 141 Å². The number of rotatable bonds is 1. The largest absolute Gasteiger partial charge is 0.504 e. The van der Waals surface area contributed by atoms with Crippen molar-refractivity contribution in [3.8, 4) is 0 Å².